The molecule has 0 unspecified atom stereocenters. The zero-order valence-corrected chi connectivity index (χ0v) is 18.4. The van der Waals surface area contributed by atoms with Gasteiger partial charge in [0.15, 0.2) is 0 Å². The van der Waals surface area contributed by atoms with Crippen LogP contribution in [0.15, 0.2) is 43.0 Å². The van der Waals surface area contributed by atoms with Crippen molar-refractivity contribution in [2.75, 3.05) is 6.61 Å². The van der Waals surface area contributed by atoms with Crippen LogP contribution < -0.4 is 0 Å². The molecule has 2 rings (SSSR count). The molecule has 2 aliphatic carbocycles. The number of hydrogen-bond donors (Lipinski definition) is 1. The van der Waals surface area contributed by atoms with Crippen molar-refractivity contribution in [1.82, 2.24) is 0 Å². The van der Waals surface area contributed by atoms with Gasteiger partial charge in [-0.2, -0.15) is 0 Å². The van der Waals surface area contributed by atoms with E-state index in [-0.39, 0.29) is 24.8 Å². The molecule has 0 bridgehead atoms. The number of aliphatic hydroxyl groups is 1. The van der Waals surface area contributed by atoms with Crippen LogP contribution in [-0.2, 0) is 18.9 Å². The van der Waals surface area contributed by atoms with Crippen molar-refractivity contribution in [1.29, 1.82) is 0 Å². The van der Waals surface area contributed by atoms with E-state index in [0.717, 1.165) is 6.42 Å². The molecule has 0 saturated carbocycles. The molecular formula is C16H27Cl2OSiZr. The molecule has 0 radical (unpaired) electrons. The second kappa shape index (κ2) is 9.57. The van der Waals surface area contributed by atoms with Gasteiger partial charge in [0.25, 0.3) is 0 Å². The van der Waals surface area contributed by atoms with E-state index in [4.69, 9.17) is 0 Å². The third-order valence-electron chi connectivity index (χ3n) is 4.58. The Balaban J connectivity index is 0.00000200. The summed E-state index contributed by atoms with van der Waals surface area (Å²) in [5.41, 5.74) is 0. The zero-order chi connectivity index (χ0) is 13.9. The average molecular weight is 426 g/mol. The number of halogens is 2. The van der Waals surface area contributed by atoms with Crippen LogP contribution in [0.25, 0.3) is 0 Å². The van der Waals surface area contributed by atoms with Crippen molar-refractivity contribution in [3.8, 4) is 0 Å². The van der Waals surface area contributed by atoms with Gasteiger partial charge >= 0.3 is 122 Å². The SMILES string of the molecule is C[C](CCO)=[Zr]([C]1=CC=CC1)([C]1=CC=CC1)[SiH](C)C.Cl.Cl. The van der Waals surface area contributed by atoms with Gasteiger partial charge in [-0.15, -0.1) is 24.8 Å². The summed E-state index contributed by atoms with van der Waals surface area (Å²) >= 11 is -2.56. The molecule has 0 aromatic heterocycles. The molecule has 1 nitrogen and oxygen atoms in total. The van der Waals surface area contributed by atoms with Crippen molar-refractivity contribution in [2.45, 2.75) is 39.3 Å². The largest absolute Gasteiger partial charge is 0.147 e. The van der Waals surface area contributed by atoms with Gasteiger partial charge in [-0.1, -0.05) is 0 Å². The van der Waals surface area contributed by atoms with Crippen LogP contribution in [0, 0.1) is 0 Å². The van der Waals surface area contributed by atoms with Gasteiger partial charge in [-0.25, -0.2) is 0 Å². The van der Waals surface area contributed by atoms with Gasteiger partial charge in [-0.3, -0.25) is 0 Å². The van der Waals surface area contributed by atoms with Crippen LogP contribution in [0.1, 0.15) is 26.2 Å². The Labute approximate surface area is 146 Å². The molecule has 2 aliphatic rings. The van der Waals surface area contributed by atoms with Crippen LogP contribution in [0.2, 0.25) is 13.1 Å². The van der Waals surface area contributed by atoms with Crippen molar-refractivity contribution < 1.29 is 24.0 Å². The summed E-state index contributed by atoms with van der Waals surface area (Å²) in [6, 6.07) is 0. The van der Waals surface area contributed by atoms with E-state index in [9.17, 15) is 5.11 Å². The Kier molecular flexibility index (Phi) is 9.79. The summed E-state index contributed by atoms with van der Waals surface area (Å²) in [4.78, 5) is 0. The average Bonchev–Trinajstić information content (AvgIpc) is 3.02. The van der Waals surface area contributed by atoms with Crippen molar-refractivity contribution in [3.05, 3.63) is 43.0 Å². The molecule has 0 spiro atoms. The Hall–Kier alpha value is 0.470. The van der Waals surface area contributed by atoms with Gasteiger partial charge < -0.3 is 0 Å². The molecule has 1 N–H and O–H groups in total. The van der Waals surface area contributed by atoms with Crippen molar-refractivity contribution in [3.63, 3.8) is 0 Å². The first-order chi connectivity index (χ1) is 9.14. The molecule has 0 aromatic carbocycles. The third-order valence-corrected chi connectivity index (χ3v) is 37.1. The minimum Gasteiger partial charge on any atom is -0.147 e. The summed E-state index contributed by atoms with van der Waals surface area (Å²) < 4.78 is 5.19. The Bertz CT molecular complexity index is 496. The second-order valence-electron chi connectivity index (χ2n) is 5.87. The first-order valence-electron chi connectivity index (χ1n) is 7.30. The van der Waals surface area contributed by atoms with Crippen molar-refractivity contribution in [2.24, 2.45) is 0 Å². The Morgan fingerprint density at radius 2 is 1.57 bits per heavy atom. The molecule has 0 aliphatic heterocycles. The van der Waals surface area contributed by atoms with E-state index in [1.807, 2.05) is 0 Å². The topological polar surface area (TPSA) is 20.2 Å². The van der Waals surface area contributed by atoms with Crippen LogP contribution in [0.3, 0.4) is 0 Å². The smallest absolute Gasteiger partial charge is 0.147 e. The van der Waals surface area contributed by atoms with E-state index >= 15 is 0 Å². The fourth-order valence-corrected chi connectivity index (χ4v) is 36.8. The second-order valence-corrected chi connectivity index (χ2v) is 31.0. The minimum absolute atomic E-state index is 0. The van der Waals surface area contributed by atoms with E-state index in [2.05, 4.69) is 56.5 Å². The van der Waals surface area contributed by atoms with E-state index in [1.165, 1.54) is 12.8 Å². The van der Waals surface area contributed by atoms with Gasteiger partial charge in [0.1, 0.15) is 0 Å². The fraction of sp³-hybridized carbons (Fsp3) is 0.438. The van der Waals surface area contributed by atoms with Crippen LogP contribution >= 0.6 is 24.8 Å². The van der Waals surface area contributed by atoms with E-state index < -0.39 is 24.9 Å². The summed E-state index contributed by atoms with van der Waals surface area (Å²) in [6.07, 6.45) is 17.2. The molecule has 0 atom stereocenters. The van der Waals surface area contributed by atoms with Gasteiger partial charge in [-0.05, 0) is 0 Å². The quantitative estimate of drug-likeness (QED) is 0.654. The Morgan fingerprint density at radius 1 is 1.10 bits per heavy atom. The minimum atomic E-state index is -2.56. The predicted molar refractivity (Wildman–Crippen MR) is 99.4 cm³/mol. The first kappa shape index (κ1) is 21.5. The molecule has 0 fully saturated rings. The first-order valence-corrected chi connectivity index (χ1v) is 18.1. The summed E-state index contributed by atoms with van der Waals surface area (Å²) in [5.74, 6) is -0.772. The molecule has 0 saturated heterocycles. The maximum absolute atomic E-state index is 9.43. The van der Waals surface area contributed by atoms with Crippen LogP contribution in [0.5, 0.6) is 0 Å². The van der Waals surface area contributed by atoms with Gasteiger partial charge in [0, 0.05) is 0 Å². The molecule has 5 heteroatoms. The number of aliphatic hydroxyl groups excluding tert-OH is 1. The van der Waals surface area contributed by atoms with Crippen LogP contribution in [0.4, 0.5) is 0 Å². The van der Waals surface area contributed by atoms with Crippen LogP contribution in [-0.4, -0.2) is 20.8 Å². The standard InChI is InChI=1S/2C5H5.C4H8O.C2H7Si.2ClH.Zr/c2*1-2-4-5-3-1;1-2-3-4-5;1-3-2;;;/h2*1-3H,4H2;5H,3-4H2,1H3;3H,1-2H3;2*1H;. The van der Waals surface area contributed by atoms with Gasteiger partial charge in [0.05, 0.1) is 0 Å². The normalized spacial score (nSPS) is 16.4. The zero-order valence-electron chi connectivity index (χ0n) is 13.1. The summed E-state index contributed by atoms with van der Waals surface area (Å²) in [5, 5.41) is 9.43. The molecule has 21 heavy (non-hydrogen) atoms. The summed E-state index contributed by atoms with van der Waals surface area (Å²) in [7, 11) is 0. The Morgan fingerprint density at radius 3 is 1.86 bits per heavy atom. The van der Waals surface area contributed by atoms with Crippen molar-refractivity contribution >= 4 is 33.9 Å². The van der Waals surface area contributed by atoms with E-state index in [0.29, 0.717) is 6.61 Å². The molecule has 0 amide bonds. The maximum Gasteiger partial charge on any atom is -0.147 e. The number of allylic oxidation sites excluding steroid dienone is 8. The fourth-order valence-electron chi connectivity index (χ4n) is 3.83. The molecular weight excluding hydrogens is 398 g/mol. The summed E-state index contributed by atoms with van der Waals surface area (Å²) in [6.45, 7) is 7.73. The third kappa shape index (κ3) is 4.06. The van der Waals surface area contributed by atoms with E-state index in [1.54, 1.807) is 9.77 Å². The number of hydrogen-bond acceptors (Lipinski definition) is 1. The molecule has 0 aromatic rings. The molecule has 0 heterocycles. The maximum atomic E-state index is 9.43. The monoisotopic (exact) mass is 423 g/mol. The number of rotatable bonds is 5. The predicted octanol–water partition coefficient (Wildman–Crippen LogP) is 4.23. The molecule has 119 valence electrons. The van der Waals surface area contributed by atoms with Gasteiger partial charge in [0.2, 0.25) is 0 Å².